The summed E-state index contributed by atoms with van der Waals surface area (Å²) in [4.78, 5) is 12.2. The standard InChI is InChI=1S/C30H40O2/c1-19(2)20-6-8-21(9-7-20)27-18-30(3)23(5-4-16-31)11-15-28(30)26-13-10-22-17-24(32)12-14-25(22)29(26)27/h6-9,17,19,23,26-28,31H,4-5,10-16,18H2,1-3H3/t23-,26+,27-,28+,30-/m1/s1. The Balaban J connectivity index is 1.60. The normalized spacial score (nSPS) is 34.3. The molecule has 2 saturated carbocycles. The van der Waals surface area contributed by atoms with Crippen LogP contribution in [0.5, 0.6) is 0 Å². The van der Waals surface area contributed by atoms with Crippen molar-refractivity contribution in [3.05, 3.63) is 58.2 Å². The van der Waals surface area contributed by atoms with Crippen molar-refractivity contribution in [3.63, 3.8) is 0 Å². The van der Waals surface area contributed by atoms with Gasteiger partial charge in [0.25, 0.3) is 0 Å². The summed E-state index contributed by atoms with van der Waals surface area (Å²) in [5, 5.41) is 9.50. The maximum atomic E-state index is 12.2. The maximum absolute atomic E-state index is 12.2. The Morgan fingerprint density at radius 3 is 2.56 bits per heavy atom. The lowest BCUT2D eigenvalue weighted by Gasteiger charge is -2.53. The molecule has 172 valence electrons. The van der Waals surface area contributed by atoms with Crippen LogP contribution >= 0.6 is 0 Å². The van der Waals surface area contributed by atoms with Gasteiger partial charge in [0.15, 0.2) is 5.78 Å². The smallest absolute Gasteiger partial charge is 0.156 e. The molecule has 0 bridgehead atoms. The van der Waals surface area contributed by atoms with Gasteiger partial charge in [-0.15, -0.1) is 0 Å². The average Bonchev–Trinajstić information content (AvgIpc) is 3.12. The van der Waals surface area contributed by atoms with Crippen LogP contribution in [-0.4, -0.2) is 17.5 Å². The first kappa shape index (κ1) is 22.1. The van der Waals surface area contributed by atoms with Gasteiger partial charge < -0.3 is 5.11 Å². The molecule has 0 aromatic heterocycles. The molecular formula is C30H40O2. The molecule has 1 aromatic carbocycles. The van der Waals surface area contributed by atoms with E-state index in [0.29, 0.717) is 42.0 Å². The zero-order chi connectivity index (χ0) is 22.5. The number of benzene rings is 1. The maximum Gasteiger partial charge on any atom is 0.156 e. The number of carbonyl (C=O) groups is 1. The van der Waals surface area contributed by atoms with Crippen molar-refractivity contribution in [3.8, 4) is 0 Å². The highest BCUT2D eigenvalue weighted by atomic mass is 16.2. The van der Waals surface area contributed by atoms with Crippen molar-refractivity contribution < 1.29 is 9.90 Å². The van der Waals surface area contributed by atoms with Crippen molar-refractivity contribution >= 4 is 5.78 Å². The van der Waals surface area contributed by atoms with Crippen LogP contribution in [0.4, 0.5) is 0 Å². The van der Waals surface area contributed by atoms with E-state index >= 15 is 0 Å². The fraction of sp³-hybridized carbons (Fsp3) is 0.633. The number of aliphatic hydroxyl groups is 1. The van der Waals surface area contributed by atoms with Crippen LogP contribution in [0.1, 0.15) is 102 Å². The predicted octanol–water partition coefficient (Wildman–Crippen LogP) is 7.10. The van der Waals surface area contributed by atoms with Crippen LogP contribution in [0.15, 0.2) is 47.1 Å². The molecule has 0 unspecified atom stereocenters. The summed E-state index contributed by atoms with van der Waals surface area (Å²) in [5.41, 5.74) is 7.87. The van der Waals surface area contributed by atoms with Gasteiger partial charge in [-0.3, -0.25) is 4.79 Å². The lowest BCUT2D eigenvalue weighted by Crippen LogP contribution is -2.43. The van der Waals surface area contributed by atoms with Gasteiger partial charge >= 0.3 is 0 Å². The Morgan fingerprint density at radius 1 is 1.06 bits per heavy atom. The van der Waals surface area contributed by atoms with E-state index in [4.69, 9.17) is 0 Å². The highest BCUT2D eigenvalue weighted by molar-refractivity contribution is 5.93. The number of rotatable bonds is 5. The second-order valence-electron chi connectivity index (χ2n) is 11.5. The third-order valence-corrected chi connectivity index (χ3v) is 9.64. The molecule has 0 radical (unpaired) electrons. The summed E-state index contributed by atoms with van der Waals surface area (Å²) in [6, 6.07) is 9.49. The minimum Gasteiger partial charge on any atom is -0.396 e. The van der Waals surface area contributed by atoms with Gasteiger partial charge in [0.05, 0.1) is 0 Å². The first-order valence-corrected chi connectivity index (χ1v) is 13.1. The molecule has 32 heavy (non-hydrogen) atoms. The van der Waals surface area contributed by atoms with Gasteiger partial charge in [-0.05, 0) is 109 Å². The van der Waals surface area contributed by atoms with Gasteiger partial charge in [0.1, 0.15) is 0 Å². The van der Waals surface area contributed by atoms with Crippen LogP contribution in [0.25, 0.3) is 0 Å². The molecule has 0 amide bonds. The fourth-order valence-corrected chi connectivity index (χ4v) is 7.99. The Hall–Kier alpha value is -1.67. The van der Waals surface area contributed by atoms with E-state index in [9.17, 15) is 9.90 Å². The fourth-order valence-electron chi connectivity index (χ4n) is 7.99. The molecule has 0 spiro atoms. The zero-order valence-corrected chi connectivity index (χ0v) is 20.2. The molecule has 0 aliphatic heterocycles. The van der Waals surface area contributed by atoms with Crippen LogP contribution in [0.3, 0.4) is 0 Å². The van der Waals surface area contributed by atoms with Crippen LogP contribution in [0.2, 0.25) is 0 Å². The van der Waals surface area contributed by atoms with E-state index in [2.05, 4.69) is 45.0 Å². The first-order chi connectivity index (χ1) is 15.4. The highest BCUT2D eigenvalue weighted by Crippen LogP contribution is 2.66. The molecule has 2 heteroatoms. The average molecular weight is 433 g/mol. The summed E-state index contributed by atoms with van der Waals surface area (Å²) >= 11 is 0. The van der Waals surface area contributed by atoms with Crippen molar-refractivity contribution in [2.24, 2.45) is 23.2 Å². The Kier molecular flexibility index (Phi) is 5.95. The number of ketones is 1. The molecule has 5 rings (SSSR count). The van der Waals surface area contributed by atoms with E-state index in [0.717, 1.165) is 31.1 Å². The SMILES string of the molecule is CC(C)c1ccc([C@H]2C[C@]3(C)[C@H](CCCO)CC[C@H]3[C@@H]3CCC4=CC(=O)CCC4=C32)cc1. The molecule has 0 saturated heterocycles. The number of hydrogen-bond acceptors (Lipinski definition) is 2. The van der Waals surface area contributed by atoms with E-state index in [1.807, 2.05) is 6.08 Å². The van der Waals surface area contributed by atoms with Crippen LogP contribution in [-0.2, 0) is 4.79 Å². The Morgan fingerprint density at radius 2 is 1.84 bits per heavy atom. The van der Waals surface area contributed by atoms with Crippen molar-refractivity contribution in [1.29, 1.82) is 0 Å². The lowest BCUT2D eigenvalue weighted by molar-refractivity contribution is -0.114. The molecule has 0 heterocycles. The molecule has 4 aliphatic rings. The van der Waals surface area contributed by atoms with Gasteiger partial charge in [-0.25, -0.2) is 0 Å². The second-order valence-corrected chi connectivity index (χ2v) is 11.5. The number of hydrogen-bond donors (Lipinski definition) is 1. The summed E-state index contributed by atoms with van der Waals surface area (Å²) in [5.74, 6) is 3.52. The summed E-state index contributed by atoms with van der Waals surface area (Å²) in [6.07, 6.45) is 11.9. The number of carbonyl (C=O) groups excluding carboxylic acids is 1. The Bertz CT molecular complexity index is 934. The third-order valence-electron chi connectivity index (χ3n) is 9.64. The molecular weight excluding hydrogens is 392 g/mol. The van der Waals surface area contributed by atoms with E-state index in [1.54, 1.807) is 11.1 Å². The molecule has 4 aliphatic carbocycles. The van der Waals surface area contributed by atoms with Crippen molar-refractivity contribution in [1.82, 2.24) is 0 Å². The van der Waals surface area contributed by atoms with Crippen molar-refractivity contribution in [2.75, 3.05) is 6.61 Å². The summed E-state index contributed by atoms with van der Waals surface area (Å²) < 4.78 is 0. The van der Waals surface area contributed by atoms with Crippen LogP contribution < -0.4 is 0 Å². The first-order valence-electron chi connectivity index (χ1n) is 13.1. The number of aliphatic hydroxyl groups excluding tert-OH is 1. The monoisotopic (exact) mass is 432 g/mol. The highest BCUT2D eigenvalue weighted by Gasteiger charge is 2.56. The summed E-state index contributed by atoms with van der Waals surface area (Å²) in [6.45, 7) is 7.43. The quantitative estimate of drug-likeness (QED) is 0.539. The largest absolute Gasteiger partial charge is 0.396 e. The number of allylic oxidation sites excluding steroid dienone is 4. The lowest BCUT2D eigenvalue weighted by atomic mass is 9.51. The minimum absolute atomic E-state index is 0.318. The summed E-state index contributed by atoms with van der Waals surface area (Å²) in [7, 11) is 0. The molecule has 1 aromatic rings. The molecule has 5 atom stereocenters. The van der Waals surface area contributed by atoms with Crippen LogP contribution in [0, 0.1) is 23.2 Å². The van der Waals surface area contributed by atoms with E-state index in [1.165, 1.54) is 48.8 Å². The van der Waals surface area contributed by atoms with Gasteiger partial charge in [-0.2, -0.15) is 0 Å². The molecule has 2 nitrogen and oxygen atoms in total. The number of fused-ring (bicyclic) bond motifs is 4. The Labute approximate surface area is 194 Å². The van der Waals surface area contributed by atoms with Gasteiger partial charge in [0, 0.05) is 18.9 Å². The minimum atomic E-state index is 0.318. The third kappa shape index (κ3) is 3.63. The predicted molar refractivity (Wildman–Crippen MR) is 131 cm³/mol. The molecule has 1 N–H and O–H groups in total. The van der Waals surface area contributed by atoms with Crippen molar-refractivity contribution in [2.45, 2.75) is 90.4 Å². The zero-order valence-electron chi connectivity index (χ0n) is 20.2. The van der Waals surface area contributed by atoms with E-state index in [-0.39, 0.29) is 0 Å². The molecule has 2 fully saturated rings. The van der Waals surface area contributed by atoms with Gasteiger partial charge in [0.2, 0.25) is 0 Å². The topological polar surface area (TPSA) is 37.3 Å². The van der Waals surface area contributed by atoms with E-state index < -0.39 is 0 Å². The second kappa shape index (κ2) is 8.60. The van der Waals surface area contributed by atoms with Gasteiger partial charge in [-0.1, -0.05) is 50.6 Å².